The van der Waals surface area contributed by atoms with Gasteiger partial charge in [0.25, 0.3) is 0 Å². The van der Waals surface area contributed by atoms with Crippen LogP contribution >= 0.6 is 11.6 Å². The van der Waals surface area contributed by atoms with Crippen molar-refractivity contribution in [2.45, 2.75) is 32.6 Å². The Kier molecular flexibility index (Phi) is 3.81. The second-order valence-electron chi connectivity index (χ2n) is 5.10. The van der Waals surface area contributed by atoms with Crippen molar-refractivity contribution in [3.05, 3.63) is 28.8 Å². The van der Waals surface area contributed by atoms with E-state index < -0.39 is 5.97 Å². The van der Waals surface area contributed by atoms with Crippen LogP contribution in [0.4, 0.5) is 5.69 Å². The van der Waals surface area contributed by atoms with Crippen molar-refractivity contribution in [2.24, 2.45) is 5.41 Å². The highest BCUT2D eigenvalue weighted by molar-refractivity contribution is 6.31. The first-order valence-corrected chi connectivity index (χ1v) is 6.71. The number of nitrogens with one attached hydrogen (secondary N) is 1. The number of hydrogen-bond acceptors (Lipinski definition) is 2. The van der Waals surface area contributed by atoms with Crippen LogP contribution < -0.4 is 5.32 Å². The Hall–Kier alpha value is -1.22. The molecule has 1 aromatic carbocycles. The first kappa shape index (κ1) is 13.2. The average molecular weight is 268 g/mol. The van der Waals surface area contributed by atoms with E-state index >= 15 is 0 Å². The number of hydrogen-bond donors (Lipinski definition) is 2. The van der Waals surface area contributed by atoms with Gasteiger partial charge in [0.1, 0.15) is 0 Å². The summed E-state index contributed by atoms with van der Waals surface area (Å²) in [5.74, 6) is -0.944. The molecule has 2 N–H and O–H groups in total. The largest absolute Gasteiger partial charge is 0.478 e. The van der Waals surface area contributed by atoms with Gasteiger partial charge in [-0.1, -0.05) is 24.9 Å². The lowest BCUT2D eigenvalue weighted by Crippen LogP contribution is -2.17. The first-order valence-electron chi connectivity index (χ1n) is 6.33. The molecule has 0 unspecified atom stereocenters. The summed E-state index contributed by atoms with van der Waals surface area (Å²) in [4.78, 5) is 11.1. The Morgan fingerprint density at radius 2 is 2.22 bits per heavy atom. The molecule has 1 aliphatic carbocycles. The zero-order chi connectivity index (χ0) is 13.2. The molecule has 0 saturated heterocycles. The van der Waals surface area contributed by atoms with Gasteiger partial charge in [0.2, 0.25) is 0 Å². The molecular weight excluding hydrogens is 250 g/mol. The van der Waals surface area contributed by atoms with Crippen molar-refractivity contribution in [3.63, 3.8) is 0 Å². The molecule has 2 rings (SSSR count). The standard InChI is InChI=1S/C14H18ClNO2/c1-2-5-14(6-7-14)9-16-12-4-3-10(15)8-11(12)13(17)18/h3-4,8,16H,2,5-7,9H2,1H3,(H,17,18). The fourth-order valence-electron chi connectivity index (χ4n) is 2.35. The molecule has 0 atom stereocenters. The van der Waals surface area contributed by atoms with Crippen LogP contribution in [0, 0.1) is 5.41 Å². The number of anilines is 1. The van der Waals surface area contributed by atoms with Crippen molar-refractivity contribution in [3.8, 4) is 0 Å². The average Bonchev–Trinajstić information content (AvgIpc) is 3.08. The van der Waals surface area contributed by atoms with Gasteiger partial charge in [0, 0.05) is 17.3 Å². The van der Waals surface area contributed by atoms with Gasteiger partial charge >= 0.3 is 5.97 Å². The molecule has 3 nitrogen and oxygen atoms in total. The SMILES string of the molecule is CCCC1(CNc2ccc(Cl)cc2C(=O)O)CC1. The Labute approximate surface area is 112 Å². The van der Waals surface area contributed by atoms with Crippen molar-refractivity contribution in [1.29, 1.82) is 0 Å². The maximum Gasteiger partial charge on any atom is 0.337 e. The Bertz CT molecular complexity index is 455. The van der Waals surface area contributed by atoms with Crippen molar-refractivity contribution < 1.29 is 9.90 Å². The molecule has 0 bridgehead atoms. The highest BCUT2D eigenvalue weighted by Gasteiger charge is 2.41. The van der Waals surface area contributed by atoms with Gasteiger partial charge in [-0.2, -0.15) is 0 Å². The van der Waals surface area contributed by atoms with Gasteiger partial charge in [-0.25, -0.2) is 4.79 Å². The molecular formula is C14H18ClNO2. The molecule has 1 fully saturated rings. The zero-order valence-electron chi connectivity index (χ0n) is 10.5. The third kappa shape index (κ3) is 2.96. The second kappa shape index (κ2) is 5.19. The highest BCUT2D eigenvalue weighted by atomic mass is 35.5. The lowest BCUT2D eigenvalue weighted by molar-refractivity contribution is 0.0698. The number of carboxylic acids is 1. The van der Waals surface area contributed by atoms with E-state index in [0.29, 0.717) is 16.1 Å². The topological polar surface area (TPSA) is 49.3 Å². The Balaban J connectivity index is 2.07. The van der Waals surface area contributed by atoms with E-state index in [-0.39, 0.29) is 5.56 Å². The van der Waals surface area contributed by atoms with Crippen LogP contribution in [0.5, 0.6) is 0 Å². The molecule has 18 heavy (non-hydrogen) atoms. The zero-order valence-corrected chi connectivity index (χ0v) is 11.3. The van der Waals surface area contributed by atoms with E-state index in [1.807, 2.05) is 0 Å². The van der Waals surface area contributed by atoms with Gasteiger partial charge in [0.05, 0.1) is 5.56 Å². The monoisotopic (exact) mass is 267 g/mol. The summed E-state index contributed by atoms with van der Waals surface area (Å²) in [6, 6.07) is 4.95. The summed E-state index contributed by atoms with van der Waals surface area (Å²) in [5.41, 5.74) is 1.30. The van der Waals surface area contributed by atoms with Gasteiger partial charge in [-0.3, -0.25) is 0 Å². The van der Waals surface area contributed by atoms with E-state index in [1.165, 1.54) is 31.7 Å². The summed E-state index contributed by atoms with van der Waals surface area (Å²) in [6.45, 7) is 3.04. The van der Waals surface area contributed by atoms with E-state index in [2.05, 4.69) is 12.2 Å². The van der Waals surface area contributed by atoms with Crippen LogP contribution in [-0.2, 0) is 0 Å². The number of benzene rings is 1. The van der Waals surface area contributed by atoms with Crippen molar-refractivity contribution in [2.75, 3.05) is 11.9 Å². The predicted molar refractivity (Wildman–Crippen MR) is 73.5 cm³/mol. The van der Waals surface area contributed by atoms with Gasteiger partial charge in [-0.15, -0.1) is 0 Å². The molecule has 1 saturated carbocycles. The van der Waals surface area contributed by atoms with E-state index in [9.17, 15) is 4.79 Å². The minimum absolute atomic E-state index is 0.245. The Morgan fingerprint density at radius 3 is 2.78 bits per heavy atom. The fourth-order valence-corrected chi connectivity index (χ4v) is 2.52. The molecule has 1 aliphatic rings. The number of carbonyl (C=O) groups is 1. The summed E-state index contributed by atoms with van der Waals surface area (Å²) in [7, 11) is 0. The molecule has 0 radical (unpaired) electrons. The number of carboxylic acid groups (broad SMARTS) is 1. The first-order chi connectivity index (χ1) is 8.56. The Morgan fingerprint density at radius 1 is 1.50 bits per heavy atom. The summed E-state index contributed by atoms with van der Waals surface area (Å²) in [5, 5.41) is 12.9. The van der Waals surface area contributed by atoms with Crippen LogP contribution in [0.2, 0.25) is 5.02 Å². The third-order valence-corrected chi connectivity index (χ3v) is 3.84. The molecule has 0 aliphatic heterocycles. The number of rotatable bonds is 6. The molecule has 0 amide bonds. The maximum atomic E-state index is 11.1. The molecule has 0 spiro atoms. The summed E-state index contributed by atoms with van der Waals surface area (Å²) in [6.07, 6.45) is 4.86. The van der Waals surface area contributed by atoms with Crippen LogP contribution in [0.1, 0.15) is 43.0 Å². The van der Waals surface area contributed by atoms with Crippen LogP contribution in [-0.4, -0.2) is 17.6 Å². The van der Waals surface area contributed by atoms with Crippen LogP contribution in [0.3, 0.4) is 0 Å². The number of aromatic carboxylic acids is 1. The fraction of sp³-hybridized carbons (Fsp3) is 0.500. The number of halogens is 1. The smallest absolute Gasteiger partial charge is 0.337 e. The maximum absolute atomic E-state index is 11.1. The van der Waals surface area contributed by atoms with Gasteiger partial charge in [-0.05, 0) is 42.9 Å². The van der Waals surface area contributed by atoms with Crippen molar-refractivity contribution >= 4 is 23.3 Å². The summed E-state index contributed by atoms with van der Waals surface area (Å²) < 4.78 is 0. The van der Waals surface area contributed by atoms with Gasteiger partial charge in [0.15, 0.2) is 0 Å². The quantitative estimate of drug-likeness (QED) is 0.818. The molecule has 4 heteroatoms. The van der Waals surface area contributed by atoms with Crippen LogP contribution in [0.15, 0.2) is 18.2 Å². The summed E-state index contributed by atoms with van der Waals surface area (Å²) >= 11 is 5.82. The van der Waals surface area contributed by atoms with Gasteiger partial charge < -0.3 is 10.4 Å². The third-order valence-electron chi connectivity index (χ3n) is 3.60. The van der Waals surface area contributed by atoms with E-state index in [0.717, 1.165) is 6.54 Å². The van der Waals surface area contributed by atoms with Crippen molar-refractivity contribution in [1.82, 2.24) is 0 Å². The normalized spacial score (nSPS) is 16.3. The lowest BCUT2D eigenvalue weighted by Gasteiger charge is -2.17. The van der Waals surface area contributed by atoms with E-state index in [4.69, 9.17) is 16.7 Å². The van der Waals surface area contributed by atoms with E-state index in [1.54, 1.807) is 12.1 Å². The molecule has 98 valence electrons. The lowest BCUT2D eigenvalue weighted by atomic mass is 10.0. The molecule has 1 aromatic rings. The minimum atomic E-state index is -0.944. The van der Waals surface area contributed by atoms with Crippen LogP contribution in [0.25, 0.3) is 0 Å². The second-order valence-corrected chi connectivity index (χ2v) is 5.54. The minimum Gasteiger partial charge on any atom is -0.478 e. The predicted octanol–water partition coefficient (Wildman–Crippen LogP) is 4.03. The molecule has 0 heterocycles. The molecule has 0 aromatic heterocycles. The highest BCUT2D eigenvalue weighted by Crippen LogP contribution is 2.49.